The fourth-order valence-electron chi connectivity index (χ4n) is 2.12. The zero-order valence-corrected chi connectivity index (χ0v) is 11.8. The van der Waals surface area contributed by atoms with E-state index in [-0.39, 0.29) is 0 Å². The second-order valence-electron chi connectivity index (χ2n) is 4.87. The van der Waals surface area contributed by atoms with Crippen LogP contribution in [0.1, 0.15) is 38.3 Å². The van der Waals surface area contributed by atoms with Gasteiger partial charge in [0.25, 0.3) is 0 Å². The molecule has 1 aromatic heterocycles. The van der Waals surface area contributed by atoms with Gasteiger partial charge in [0.1, 0.15) is 0 Å². The number of hydrogen-bond acceptors (Lipinski definition) is 5. The van der Waals surface area contributed by atoms with Gasteiger partial charge in [-0.25, -0.2) is 4.98 Å². The highest BCUT2D eigenvalue weighted by molar-refractivity contribution is 5.30. The monoisotopic (exact) mass is 265 g/mol. The molecular formula is C14H23N3O2. The molecule has 0 amide bonds. The fraction of sp³-hybridized carbons (Fsp3) is 0.714. The zero-order chi connectivity index (χ0) is 13.5. The van der Waals surface area contributed by atoms with Crippen LogP contribution in [0.15, 0.2) is 6.07 Å². The summed E-state index contributed by atoms with van der Waals surface area (Å²) in [4.78, 5) is 8.71. The van der Waals surface area contributed by atoms with Gasteiger partial charge >= 0.3 is 0 Å². The third-order valence-electron chi connectivity index (χ3n) is 3.06. The number of rotatable bonds is 7. The molecule has 1 atom stereocenters. The Morgan fingerprint density at radius 2 is 2.37 bits per heavy atom. The molecule has 1 unspecified atom stereocenters. The van der Waals surface area contributed by atoms with E-state index in [1.165, 1.54) is 12.8 Å². The molecule has 5 nitrogen and oxygen atoms in total. The van der Waals surface area contributed by atoms with E-state index in [1.54, 1.807) is 0 Å². The Hall–Kier alpha value is -1.36. The van der Waals surface area contributed by atoms with Crippen molar-refractivity contribution in [3.63, 3.8) is 0 Å². The van der Waals surface area contributed by atoms with Crippen LogP contribution < -0.4 is 10.1 Å². The molecule has 106 valence electrons. The summed E-state index contributed by atoms with van der Waals surface area (Å²) < 4.78 is 11.1. The van der Waals surface area contributed by atoms with Crippen LogP contribution in [0.25, 0.3) is 0 Å². The Labute approximate surface area is 114 Å². The number of aryl methyl sites for hydroxylation is 1. The van der Waals surface area contributed by atoms with Crippen molar-refractivity contribution in [2.24, 2.45) is 0 Å². The third kappa shape index (κ3) is 4.67. The highest BCUT2D eigenvalue weighted by Crippen LogP contribution is 2.16. The Kier molecular flexibility index (Phi) is 5.39. The van der Waals surface area contributed by atoms with Crippen molar-refractivity contribution < 1.29 is 9.47 Å². The summed E-state index contributed by atoms with van der Waals surface area (Å²) in [5, 5.41) is 3.25. The maximum absolute atomic E-state index is 5.59. The second kappa shape index (κ2) is 7.28. The fourth-order valence-corrected chi connectivity index (χ4v) is 2.12. The van der Waals surface area contributed by atoms with Crippen molar-refractivity contribution in [3.05, 3.63) is 11.8 Å². The molecule has 1 aliphatic heterocycles. The maximum atomic E-state index is 5.59. The number of hydrogen-bond donors (Lipinski definition) is 1. The molecule has 0 bridgehead atoms. The van der Waals surface area contributed by atoms with Crippen LogP contribution in [-0.4, -0.2) is 35.8 Å². The molecule has 5 heteroatoms. The predicted octanol–water partition coefficient (Wildman–Crippen LogP) is 2.55. The quantitative estimate of drug-likeness (QED) is 0.821. The summed E-state index contributed by atoms with van der Waals surface area (Å²) in [7, 11) is 0. The SMILES string of the molecule is CCCOc1cc(C)nc(NCCC2CCCO2)n1. The predicted molar refractivity (Wildman–Crippen MR) is 74.6 cm³/mol. The molecule has 0 spiro atoms. The van der Waals surface area contributed by atoms with Crippen LogP contribution in [0.2, 0.25) is 0 Å². The van der Waals surface area contributed by atoms with Crippen LogP contribution in [0.4, 0.5) is 5.95 Å². The van der Waals surface area contributed by atoms with Gasteiger partial charge in [-0.3, -0.25) is 0 Å². The van der Waals surface area contributed by atoms with Gasteiger partial charge < -0.3 is 14.8 Å². The largest absolute Gasteiger partial charge is 0.478 e. The van der Waals surface area contributed by atoms with Crippen LogP contribution >= 0.6 is 0 Å². The molecule has 1 aromatic rings. The molecule has 0 saturated carbocycles. The number of anilines is 1. The van der Waals surface area contributed by atoms with E-state index < -0.39 is 0 Å². The Bertz CT molecular complexity index is 392. The van der Waals surface area contributed by atoms with E-state index in [4.69, 9.17) is 9.47 Å². The van der Waals surface area contributed by atoms with Crippen molar-refractivity contribution in [1.82, 2.24) is 9.97 Å². The van der Waals surface area contributed by atoms with Gasteiger partial charge in [0.05, 0.1) is 12.7 Å². The normalized spacial score (nSPS) is 18.5. The summed E-state index contributed by atoms with van der Waals surface area (Å²) in [5.41, 5.74) is 0.917. The van der Waals surface area contributed by atoms with Crippen molar-refractivity contribution in [2.45, 2.75) is 45.6 Å². The molecule has 1 N–H and O–H groups in total. The van der Waals surface area contributed by atoms with Gasteiger partial charge in [0, 0.05) is 24.9 Å². The van der Waals surface area contributed by atoms with Gasteiger partial charge in [-0.15, -0.1) is 0 Å². The standard InChI is InChI=1S/C14H23N3O2/c1-3-8-19-13-10-11(2)16-14(17-13)15-7-6-12-5-4-9-18-12/h10,12H,3-9H2,1-2H3,(H,15,16,17). The maximum Gasteiger partial charge on any atom is 0.226 e. The summed E-state index contributed by atoms with van der Waals surface area (Å²) in [5.74, 6) is 1.29. The van der Waals surface area contributed by atoms with E-state index >= 15 is 0 Å². The van der Waals surface area contributed by atoms with E-state index in [0.717, 1.165) is 31.7 Å². The molecule has 0 aromatic carbocycles. The first-order valence-corrected chi connectivity index (χ1v) is 7.12. The average molecular weight is 265 g/mol. The van der Waals surface area contributed by atoms with Crippen LogP contribution in [-0.2, 0) is 4.74 Å². The lowest BCUT2D eigenvalue weighted by Gasteiger charge is -2.11. The van der Waals surface area contributed by atoms with Gasteiger partial charge in [0.15, 0.2) is 0 Å². The molecular weight excluding hydrogens is 242 g/mol. The topological polar surface area (TPSA) is 56.3 Å². The highest BCUT2D eigenvalue weighted by atomic mass is 16.5. The van der Waals surface area contributed by atoms with Gasteiger partial charge in [-0.2, -0.15) is 4.98 Å². The van der Waals surface area contributed by atoms with Crippen molar-refractivity contribution >= 4 is 5.95 Å². The lowest BCUT2D eigenvalue weighted by Crippen LogP contribution is -2.14. The van der Waals surface area contributed by atoms with Crippen LogP contribution in [0.3, 0.4) is 0 Å². The summed E-state index contributed by atoms with van der Waals surface area (Å²) >= 11 is 0. The van der Waals surface area contributed by atoms with Crippen LogP contribution in [0, 0.1) is 6.92 Å². The van der Waals surface area contributed by atoms with E-state index in [9.17, 15) is 0 Å². The van der Waals surface area contributed by atoms with Crippen molar-refractivity contribution in [3.8, 4) is 5.88 Å². The average Bonchev–Trinajstić information content (AvgIpc) is 2.89. The number of ether oxygens (including phenoxy) is 2. The Morgan fingerprint density at radius 3 is 3.11 bits per heavy atom. The molecule has 19 heavy (non-hydrogen) atoms. The summed E-state index contributed by atoms with van der Waals surface area (Å²) in [6.45, 7) is 6.45. The molecule has 2 rings (SSSR count). The van der Waals surface area contributed by atoms with Crippen molar-refractivity contribution in [1.29, 1.82) is 0 Å². The number of aromatic nitrogens is 2. The Balaban J connectivity index is 1.82. The number of nitrogens with one attached hydrogen (secondary N) is 1. The minimum Gasteiger partial charge on any atom is -0.478 e. The smallest absolute Gasteiger partial charge is 0.226 e. The lowest BCUT2D eigenvalue weighted by molar-refractivity contribution is 0.107. The minimum atomic E-state index is 0.396. The molecule has 0 aliphatic carbocycles. The van der Waals surface area contributed by atoms with Crippen molar-refractivity contribution in [2.75, 3.05) is 25.1 Å². The first-order valence-electron chi connectivity index (χ1n) is 7.12. The second-order valence-corrected chi connectivity index (χ2v) is 4.87. The number of nitrogens with zero attached hydrogens (tertiary/aromatic N) is 2. The molecule has 1 fully saturated rings. The first kappa shape index (κ1) is 14.1. The molecule has 0 radical (unpaired) electrons. The van der Waals surface area contributed by atoms with E-state index in [2.05, 4.69) is 22.2 Å². The first-order chi connectivity index (χ1) is 9.28. The van der Waals surface area contributed by atoms with Gasteiger partial charge in [-0.05, 0) is 32.6 Å². The molecule has 2 heterocycles. The lowest BCUT2D eigenvalue weighted by atomic mass is 10.2. The zero-order valence-electron chi connectivity index (χ0n) is 11.8. The van der Waals surface area contributed by atoms with E-state index in [1.807, 2.05) is 13.0 Å². The van der Waals surface area contributed by atoms with E-state index in [0.29, 0.717) is 24.5 Å². The van der Waals surface area contributed by atoms with Crippen LogP contribution in [0.5, 0.6) is 5.88 Å². The Morgan fingerprint density at radius 1 is 1.47 bits per heavy atom. The highest BCUT2D eigenvalue weighted by Gasteiger charge is 2.14. The molecule has 1 aliphatic rings. The summed E-state index contributed by atoms with van der Waals surface area (Å²) in [6, 6.07) is 1.86. The third-order valence-corrected chi connectivity index (χ3v) is 3.06. The molecule has 1 saturated heterocycles. The minimum absolute atomic E-state index is 0.396. The van der Waals surface area contributed by atoms with Gasteiger partial charge in [0.2, 0.25) is 11.8 Å². The van der Waals surface area contributed by atoms with Gasteiger partial charge in [-0.1, -0.05) is 6.92 Å². The summed E-state index contributed by atoms with van der Waals surface area (Å²) in [6.07, 6.45) is 4.72.